The first-order chi connectivity index (χ1) is 10.3. The molecule has 1 unspecified atom stereocenters. The molecule has 4 N–H and O–H groups in total. The van der Waals surface area contributed by atoms with Crippen molar-refractivity contribution in [2.24, 2.45) is 0 Å². The summed E-state index contributed by atoms with van der Waals surface area (Å²) in [6.45, 7) is 0. The molecule has 122 valence electrons. The van der Waals surface area contributed by atoms with E-state index in [1.165, 1.54) is 12.1 Å². The van der Waals surface area contributed by atoms with Crippen LogP contribution < -0.4 is 8.67 Å². The SMILES string of the molecule is O=C(O)[C@H]1OC(Oc2ccccc2N(Cl)Cl)[C@H](O)[C@@H](O)[C@@H]1O. The van der Waals surface area contributed by atoms with E-state index in [0.717, 1.165) is 0 Å². The van der Waals surface area contributed by atoms with E-state index >= 15 is 0 Å². The van der Waals surface area contributed by atoms with Crippen LogP contribution >= 0.6 is 23.6 Å². The molecule has 2 rings (SSSR count). The molecule has 0 bridgehead atoms. The van der Waals surface area contributed by atoms with Gasteiger partial charge in [-0.1, -0.05) is 12.1 Å². The fourth-order valence-electron chi connectivity index (χ4n) is 1.97. The second-order valence-electron chi connectivity index (χ2n) is 4.55. The van der Waals surface area contributed by atoms with Gasteiger partial charge < -0.3 is 29.9 Å². The van der Waals surface area contributed by atoms with Crippen molar-refractivity contribution in [3.8, 4) is 5.75 Å². The molecule has 10 heteroatoms. The van der Waals surface area contributed by atoms with E-state index in [2.05, 4.69) is 0 Å². The van der Waals surface area contributed by atoms with Crippen molar-refractivity contribution in [3.05, 3.63) is 24.3 Å². The topological polar surface area (TPSA) is 120 Å². The highest BCUT2D eigenvalue weighted by Crippen LogP contribution is 2.33. The van der Waals surface area contributed by atoms with E-state index in [1.54, 1.807) is 12.1 Å². The van der Waals surface area contributed by atoms with Gasteiger partial charge in [-0.25, -0.2) is 4.79 Å². The van der Waals surface area contributed by atoms with Gasteiger partial charge >= 0.3 is 5.97 Å². The number of carboxylic acids is 1. The van der Waals surface area contributed by atoms with E-state index in [-0.39, 0.29) is 11.4 Å². The van der Waals surface area contributed by atoms with Gasteiger partial charge in [0.25, 0.3) is 0 Å². The zero-order valence-electron chi connectivity index (χ0n) is 10.9. The molecule has 0 radical (unpaired) electrons. The lowest BCUT2D eigenvalue weighted by atomic mass is 9.99. The highest BCUT2D eigenvalue weighted by atomic mass is 35.5. The Labute approximate surface area is 135 Å². The third-order valence-electron chi connectivity index (χ3n) is 3.10. The van der Waals surface area contributed by atoms with Crippen LogP contribution in [0.2, 0.25) is 0 Å². The predicted octanol–water partition coefficient (Wildman–Crippen LogP) is 0.0716. The maximum atomic E-state index is 11.0. The lowest BCUT2D eigenvalue weighted by Gasteiger charge is -2.38. The number of nitrogens with zero attached hydrogens (tertiary/aromatic N) is 1. The minimum atomic E-state index is -1.79. The average molecular weight is 354 g/mol. The molecule has 1 fully saturated rings. The second kappa shape index (κ2) is 6.86. The van der Waals surface area contributed by atoms with Gasteiger partial charge in [0.1, 0.15) is 29.7 Å². The molecule has 0 amide bonds. The first-order valence-corrected chi connectivity index (χ1v) is 6.80. The summed E-state index contributed by atoms with van der Waals surface area (Å²) in [5.74, 6) is -1.42. The highest BCUT2D eigenvalue weighted by molar-refractivity contribution is 6.49. The summed E-state index contributed by atoms with van der Waals surface area (Å²) in [5.41, 5.74) is 0.217. The number of para-hydroxylation sites is 2. The molecule has 8 nitrogen and oxygen atoms in total. The number of aliphatic hydroxyl groups excluding tert-OH is 3. The number of aliphatic carboxylic acids is 1. The zero-order valence-corrected chi connectivity index (χ0v) is 12.4. The molecule has 1 aliphatic rings. The van der Waals surface area contributed by atoms with E-state index in [4.69, 9.17) is 38.1 Å². The van der Waals surface area contributed by atoms with Crippen LogP contribution in [0.1, 0.15) is 0 Å². The van der Waals surface area contributed by atoms with Gasteiger partial charge in [-0.2, -0.15) is 3.94 Å². The maximum absolute atomic E-state index is 11.0. The number of ether oxygens (including phenoxy) is 2. The lowest BCUT2D eigenvalue weighted by molar-refractivity contribution is -0.271. The third-order valence-corrected chi connectivity index (χ3v) is 3.47. The Hall–Kier alpha value is -1.29. The standard InChI is InChI=1S/C12H13Cl2NO7/c13-15(14)5-3-1-2-4-6(5)21-12-9(18)7(16)8(17)10(22-12)11(19)20/h1-4,7-10,12,16-18H,(H,19,20)/t7-,8-,9+,10-,12?/m0/s1. The van der Waals surface area contributed by atoms with Crippen LogP contribution in [-0.4, -0.2) is 57.1 Å². The highest BCUT2D eigenvalue weighted by Gasteiger charge is 2.48. The molecule has 0 aromatic heterocycles. The second-order valence-corrected chi connectivity index (χ2v) is 5.40. The number of carbonyl (C=O) groups is 1. The molecule has 22 heavy (non-hydrogen) atoms. The number of carboxylic acid groups (broad SMARTS) is 1. The van der Waals surface area contributed by atoms with E-state index < -0.39 is 36.7 Å². The number of rotatable bonds is 4. The maximum Gasteiger partial charge on any atom is 0.335 e. The van der Waals surface area contributed by atoms with Gasteiger partial charge in [-0.15, -0.1) is 0 Å². The Bertz CT molecular complexity index is 544. The summed E-state index contributed by atoms with van der Waals surface area (Å²) < 4.78 is 11.0. The van der Waals surface area contributed by atoms with Crippen molar-refractivity contribution in [2.45, 2.75) is 30.7 Å². The number of benzene rings is 1. The Kier molecular flexibility index (Phi) is 5.32. The fourth-order valence-corrected chi connectivity index (χ4v) is 2.25. The monoisotopic (exact) mass is 353 g/mol. The van der Waals surface area contributed by atoms with Crippen LogP contribution in [0.3, 0.4) is 0 Å². The molecule has 0 saturated carbocycles. The van der Waals surface area contributed by atoms with Crippen LogP contribution in [0.25, 0.3) is 0 Å². The average Bonchev–Trinajstić information content (AvgIpc) is 2.47. The van der Waals surface area contributed by atoms with E-state index in [0.29, 0.717) is 3.94 Å². The third kappa shape index (κ3) is 3.37. The van der Waals surface area contributed by atoms with Crippen molar-refractivity contribution >= 4 is 35.2 Å². The number of halogens is 2. The van der Waals surface area contributed by atoms with Gasteiger partial charge in [0.05, 0.1) is 0 Å². The van der Waals surface area contributed by atoms with Crippen LogP contribution in [-0.2, 0) is 9.53 Å². The lowest BCUT2D eigenvalue weighted by Crippen LogP contribution is -2.61. The number of hydrogen-bond acceptors (Lipinski definition) is 7. The van der Waals surface area contributed by atoms with Gasteiger partial charge in [-0.05, 0) is 12.1 Å². The fraction of sp³-hybridized carbons (Fsp3) is 0.417. The summed E-state index contributed by atoms with van der Waals surface area (Å²) in [7, 11) is 0. The number of aliphatic hydroxyl groups is 3. The van der Waals surface area contributed by atoms with Crippen LogP contribution in [0.15, 0.2) is 24.3 Å². The van der Waals surface area contributed by atoms with Gasteiger partial charge in [0, 0.05) is 23.6 Å². The van der Waals surface area contributed by atoms with Crippen LogP contribution in [0.5, 0.6) is 5.75 Å². The minimum Gasteiger partial charge on any atom is -0.479 e. The Morgan fingerprint density at radius 3 is 2.36 bits per heavy atom. The van der Waals surface area contributed by atoms with E-state index in [9.17, 15) is 20.1 Å². The largest absolute Gasteiger partial charge is 0.479 e. The van der Waals surface area contributed by atoms with Crippen molar-refractivity contribution < 1.29 is 34.7 Å². The summed E-state index contributed by atoms with van der Waals surface area (Å²) in [6, 6.07) is 6.17. The molecule has 1 heterocycles. The molecule has 1 aromatic carbocycles. The van der Waals surface area contributed by atoms with Gasteiger partial charge in [-0.3, -0.25) is 0 Å². The quantitative estimate of drug-likeness (QED) is 0.561. The molecule has 0 aliphatic carbocycles. The van der Waals surface area contributed by atoms with E-state index in [1.807, 2.05) is 0 Å². The smallest absolute Gasteiger partial charge is 0.335 e. The molecular weight excluding hydrogens is 341 g/mol. The minimum absolute atomic E-state index is 0.0873. The first kappa shape index (κ1) is 17.1. The molecule has 5 atom stereocenters. The summed E-state index contributed by atoms with van der Waals surface area (Å²) in [6.07, 6.45) is -8.50. The number of anilines is 1. The summed E-state index contributed by atoms with van der Waals surface area (Å²) in [5, 5.41) is 38.1. The van der Waals surface area contributed by atoms with Crippen molar-refractivity contribution in [3.63, 3.8) is 0 Å². The van der Waals surface area contributed by atoms with Crippen LogP contribution in [0, 0.1) is 0 Å². The van der Waals surface area contributed by atoms with Gasteiger partial charge in [0.15, 0.2) is 6.10 Å². The first-order valence-electron chi connectivity index (χ1n) is 6.12. The zero-order chi connectivity index (χ0) is 16.4. The molecule has 1 aliphatic heterocycles. The van der Waals surface area contributed by atoms with Gasteiger partial charge in [0.2, 0.25) is 6.29 Å². The Morgan fingerprint density at radius 2 is 1.77 bits per heavy atom. The predicted molar refractivity (Wildman–Crippen MR) is 75.6 cm³/mol. The summed E-state index contributed by atoms with van der Waals surface area (Å²) >= 11 is 11.3. The molecule has 1 aromatic rings. The number of hydrogen-bond donors (Lipinski definition) is 4. The van der Waals surface area contributed by atoms with Crippen molar-refractivity contribution in [1.29, 1.82) is 0 Å². The van der Waals surface area contributed by atoms with Crippen LogP contribution in [0.4, 0.5) is 5.69 Å². The Morgan fingerprint density at radius 1 is 1.14 bits per heavy atom. The molecule has 0 spiro atoms. The van der Waals surface area contributed by atoms with Crippen molar-refractivity contribution in [2.75, 3.05) is 3.94 Å². The summed E-state index contributed by atoms with van der Waals surface area (Å²) in [4.78, 5) is 11.0. The normalized spacial score (nSPS) is 31.6. The van der Waals surface area contributed by atoms with Crippen molar-refractivity contribution in [1.82, 2.24) is 0 Å². The molecule has 1 saturated heterocycles. The molecular formula is C12H13Cl2NO7. The Balaban J connectivity index is 2.23.